The fraction of sp³-hybridized carbons (Fsp3) is 0.333. The minimum atomic E-state index is -0.171. The summed E-state index contributed by atoms with van der Waals surface area (Å²) in [5.41, 5.74) is 1.42. The van der Waals surface area contributed by atoms with E-state index >= 15 is 0 Å². The Hall–Kier alpha value is -2.54. The maximum absolute atomic E-state index is 12.4. The van der Waals surface area contributed by atoms with Crippen LogP contribution < -0.4 is 10.9 Å². The first-order valence-corrected chi connectivity index (χ1v) is 8.92. The number of hydrogen-bond donors (Lipinski definition) is 1. The molecule has 3 rings (SSSR count). The second kappa shape index (κ2) is 6.76. The van der Waals surface area contributed by atoms with Gasteiger partial charge in [0.05, 0.1) is 22.9 Å². The lowest BCUT2D eigenvalue weighted by molar-refractivity contribution is -0.116. The number of rotatable bonds is 4. The van der Waals surface area contributed by atoms with Crippen LogP contribution in [0, 0.1) is 0 Å². The molecule has 6 nitrogen and oxygen atoms in total. The molecule has 2 aromatic heterocycles. The maximum atomic E-state index is 12.4. The van der Waals surface area contributed by atoms with Crippen molar-refractivity contribution in [3.63, 3.8) is 0 Å². The number of carbonyl (C=O) groups is 1. The van der Waals surface area contributed by atoms with Crippen LogP contribution in [0.25, 0.3) is 10.9 Å². The van der Waals surface area contributed by atoms with Gasteiger partial charge in [0.15, 0.2) is 5.13 Å². The normalized spacial score (nSPS) is 11.6. The van der Waals surface area contributed by atoms with Crippen molar-refractivity contribution in [3.8, 4) is 0 Å². The number of amides is 1. The van der Waals surface area contributed by atoms with Crippen molar-refractivity contribution in [1.29, 1.82) is 0 Å². The molecule has 0 spiro atoms. The van der Waals surface area contributed by atoms with Crippen LogP contribution in [-0.4, -0.2) is 20.4 Å². The summed E-state index contributed by atoms with van der Waals surface area (Å²) < 4.78 is 1.46. The zero-order valence-electron chi connectivity index (χ0n) is 14.4. The molecule has 0 radical (unpaired) electrons. The number of carbonyl (C=O) groups excluding carboxylic acids is 1. The molecular formula is C18H20N4O2S. The topological polar surface area (TPSA) is 76.9 Å². The summed E-state index contributed by atoms with van der Waals surface area (Å²) in [6.45, 7) is 6.51. The summed E-state index contributed by atoms with van der Waals surface area (Å²) in [6.07, 6.45) is 1.67. The van der Waals surface area contributed by atoms with Crippen LogP contribution in [0.5, 0.6) is 0 Å². The second-order valence-corrected chi connectivity index (χ2v) is 7.70. The van der Waals surface area contributed by atoms with Crippen LogP contribution in [0.15, 0.2) is 40.8 Å². The Kier molecular flexibility index (Phi) is 4.67. The smallest absolute Gasteiger partial charge is 0.261 e. The molecule has 0 saturated carbocycles. The van der Waals surface area contributed by atoms with Gasteiger partial charge in [-0.25, -0.2) is 9.97 Å². The molecule has 130 valence electrons. The van der Waals surface area contributed by atoms with Crippen LogP contribution in [0.4, 0.5) is 5.13 Å². The number of fused-ring (bicyclic) bond motifs is 1. The average molecular weight is 356 g/mol. The number of para-hydroxylation sites is 1. The van der Waals surface area contributed by atoms with E-state index in [4.69, 9.17) is 0 Å². The van der Waals surface area contributed by atoms with Gasteiger partial charge in [0.1, 0.15) is 0 Å². The summed E-state index contributed by atoms with van der Waals surface area (Å²) in [5.74, 6) is -0.171. The molecule has 25 heavy (non-hydrogen) atoms. The highest BCUT2D eigenvalue weighted by Crippen LogP contribution is 2.26. The summed E-state index contributed by atoms with van der Waals surface area (Å²) in [5, 5.41) is 5.88. The van der Waals surface area contributed by atoms with E-state index in [0.29, 0.717) is 16.0 Å². The third-order valence-electron chi connectivity index (χ3n) is 3.83. The van der Waals surface area contributed by atoms with E-state index in [-0.39, 0.29) is 29.8 Å². The Bertz CT molecular complexity index is 969. The maximum Gasteiger partial charge on any atom is 0.261 e. The Labute approximate surface area is 149 Å². The van der Waals surface area contributed by atoms with Crippen molar-refractivity contribution >= 4 is 33.3 Å². The number of hydrogen-bond acceptors (Lipinski definition) is 5. The monoisotopic (exact) mass is 356 g/mol. The van der Waals surface area contributed by atoms with Gasteiger partial charge in [-0.1, -0.05) is 32.9 Å². The number of aryl methyl sites for hydroxylation is 1. The van der Waals surface area contributed by atoms with E-state index in [1.165, 1.54) is 22.2 Å². The highest BCUT2D eigenvalue weighted by atomic mass is 32.1. The highest BCUT2D eigenvalue weighted by Gasteiger charge is 2.18. The van der Waals surface area contributed by atoms with Gasteiger partial charge < -0.3 is 5.32 Å². The Balaban J connectivity index is 1.66. The molecule has 1 amide bonds. The predicted octanol–water partition coefficient (Wildman–Crippen LogP) is 3.18. The number of nitrogens with zero attached hydrogens (tertiary/aromatic N) is 3. The Morgan fingerprint density at radius 3 is 2.76 bits per heavy atom. The van der Waals surface area contributed by atoms with E-state index in [2.05, 4.69) is 36.1 Å². The lowest BCUT2D eigenvalue weighted by atomic mass is 9.93. The summed E-state index contributed by atoms with van der Waals surface area (Å²) in [6, 6.07) is 7.18. The molecule has 1 N–H and O–H groups in total. The first-order chi connectivity index (χ1) is 11.8. The number of nitrogens with one attached hydrogen (secondary N) is 1. The Morgan fingerprint density at radius 1 is 1.28 bits per heavy atom. The summed E-state index contributed by atoms with van der Waals surface area (Å²) in [7, 11) is 0. The van der Waals surface area contributed by atoms with E-state index in [1.54, 1.807) is 18.2 Å². The largest absolute Gasteiger partial charge is 0.302 e. The van der Waals surface area contributed by atoms with Gasteiger partial charge in [0, 0.05) is 23.8 Å². The molecular weight excluding hydrogens is 336 g/mol. The summed E-state index contributed by atoms with van der Waals surface area (Å²) in [4.78, 5) is 33.2. The van der Waals surface area contributed by atoms with Gasteiger partial charge in [-0.2, -0.15) is 0 Å². The van der Waals surface area contributed by atoms with Crippen molar-refractivity contribution in [2.45, 2.75) is 39.2 Å². The number of thiazole rings is 1. The van der Waals surface area contributed by atoms with Gasteiger partial charge in [0.2, 0.25) is 5.91 Å². The van der Waals surface area contributed by atoms with Crippen molar-refractivity contribution in [3.05, 3.63) is 52.0 Å². The van der Waals surface area contributed by atoms with Crippen LogP contribution in [0.1, 0.15) is 32.9 Å². The number of benzene rings is 1. The van der Waals surface area contributed by atoms with E-state index in [0.717, 1.165) is 5.69 Å². The standard InChI is InChI=1S/C18H20N4O2S/c1-18(2,3)14-10-25-17(20-14)21-15(23)8-9-22-11-19-13-7-5-4-6-12(13)16(22)24/h4-7,10-11H,8-9H2,1-3H3,(H,20,21,23). The second-order valence-electron chi connectivity index (χ2n) is 6.85. The molecule has 0 aliphatic heterocycles. The van der Waals surface area contributed by atoms with Crippen LogP contribution in [0.3, 0.4) is 0 Å². The minimum absolute atomic E-state index is 0.0520. The van der Waals surface area contributed by atoms with Gasteiger partial charge in [-0.15, -0.1) is 11.3 Å². The van der Waals surface area contributed by atoms with Gasteiger partial charge >= 0.3 is 0 Å². The van der Waals surface area contributed by atoms with Crippen LogP contribution in [0.2, 0.25) is 0 Å². The van der Waals surface area contributed by atoms with E-state index in [9.17, 15) is 9.59 Å². The third kappa shape index (κ3) is 3.93. The molecule has 7 heteroatoms. The van der Waals surface area contributed by atoms with Gasteiger partial charge in [-0.05, 0) is 12.1 Å². The zero-order valence-corrected chi connectivity index (χ0v) is 15.3. The number of aromatic nitrogens is 3. The van der Waals surface area contributed by atoms with Crippen molar-refractivity contribution in [2.24, 2.45) is 0 Å². The molecule has 0 fully saturated rings. The molecule has 0 saturated heterocycles. The fourth-order valence-corrected chi connectivity index (χ4v) is 3.30. The molecule has 0 unspecified atom stereocenters. The van der Waals surface area contributed by atoms with Crippen LogP contribution in [-0.2, 0) is 16.8 Å². The van der Waals surface area contributed by atoms with Gasteiger partial charge in [-0.3, -0.25) is 14.2 Å². The molecule has 3 aromatic rings. The van der Waals surface area contributed by atoms with Crippen LogP contribution >= 0.6 is 11.3 Å². The molecule has 0 aliphatic carbocycles. The Morgan fingerprint density at radius 2 is 2.04 bits per heavy atom. The first kappa shape index (κ1) is 17.3. The molecule has 0 atom stereocenters. The highest BCUT2D eigenvalue weighted by molar-refractivity contribution is 7.13. The lowest BCUT2D eigenvalue weighted by Crippen LogP contribution is -2.23. The molecule has 0 aliphatic rings. The first-order valence-electron chi connectivity index (χ1n) is 8.04. The van der Waals surface area contributed by atoms with E-state index in [1.807, 2.05) is 11.4 Å². The molecule has 1 aromatic carbocycles. The van der Waals surface area contributed by atoms with Crippen molar-refractivity contribution in [2.75, 3.05) is 5.32 Å². The molecule has 0 bridgehead atoms. The number of anilines is 1. The van der Waals surface area contributed by atoms with Crippen molar-refractivity contribution in [1.82, 2.24) is 14.5 Å². The third-order valence-corrected chi connectivity index (χ3v) is 4.59. The van der Waals surface area contributed by atoms with Gasteiger partial charge in [0.25, 0.3) is 5.56 Å². The average Bonchev–Trinajstić information content (AvgIpc) is 3.03. The fourth-order valence-electron chi connectivity index (χ4n) is 2.34. The lowest BCUT2D eigenvalue weighted by Gasteiger charge is -2.14. The molecule has 2 heterocycles. The van der Waals surface area contributed by atoms with E-state index < -0.39 is 0 Å². The van der Waals surface area contributed by atoms with Crippen molar-refractivity contribution < 1.29 is 4.79 Å². The predicted molar refractivity (Wildman–Crippen MR) is 100 cm³/mol. The SMILES string of the molecule is CC(C)(C)c1csc(NC(=O)CCn2cnc3ccccc3c2=O)n1. The zero-order chi connectivity index (χ0) is 18.0. The minimum Gasteiger partial charge on any atom is -0.302 e. The quantitative estimate of drug-likeness (QED) is 0.779. The summed E-state index contributed by atoms with van der Waals surface area (Å²) >= 11 is 1.41.